The summed E-state index contributed by atoms with van der Waals surface area (Å²) in [5, 5.41) is 5.72. The SMILES string of the molecule is Cl.NC1(c2ccc3cc(Br)ccc3c2)CNC1. The second-order valence-electron chi connectivity index (χ2n) is 4.47. The molecule has 0 unspecified atom stereocenters. The van der Waals surface area contributed by atoms with Crippen molar-refractivity contribution in [3.8, 4) is 0 Å². The van der Waals surface area contributed by atoms with Crippen molar-refractivity contribution in [2.75, 3.05) is 13.1 Å². The molecule has 0 atom stereocenters. The molecule has 2 aromatic carbocycles. The number of hydrogen-bond acceptors (Lipinski definition) is 2. The average Bonchev–Trinajstić information content (AvgIpc) is 2.25. The summed E-state index contributed by atoms with van der Waals surface area (Å²) in [5.74, 6) is 0. The van der Waals surface area contributed by atoms with Gasteiger partial charge in [-0.2, -0.15) is 0 Å². The van der Waals surface area contributed by atoms with Crippen LogP contribution in [0.1, 0.15) is 5.56 Å². The molecule has 0 aromatic heterocycles. The number of rotatable bonds is 1. The molecule has 90 valence electrons. The van der Waals surface area contributed by atoms with E-state index in [1.807, 2.05) is 0 Å². The van der Waals surface area contributed by atoms with Crippen LogP contribution in [0.15, 0.2) is 40.9 Å². The maximum atomic E-state index is 6.27. The first-order chi connectivity index (χ1) is 7.67. The molecule has 17 heavy (non-hydrogen) atoms. The van der Waals surface area contributed by atoms with E-state index in [0.717, 1.165) is 17.6 Å². The van der Waals surface area contributed by atoms with E-state index in [0.29, 0.717) is 0 Å². The highest BCUT2D eigenvalue weighted by atomic mass is 79.9. The van der Waals surface area contributed by atoms with E-state index >= 15 is 0 Å². The summed E-state index contributed by atoms with van der Waals surface area (Å²) in [5.41, 5.74) is 7.33. The zero-order valence-electron chi connectivity index (χ0n) is 9.24. The highest BCUT2D eigenvalue weighted by molar-refractivity contribution is 9.10. The van der Waals surface area contributed by atoms with E-state index < -0.39 is 0 Å². The zero-order valence-corrected chi connectivity index (χ0v) is 11.6. The van der Waals surface area contributed by atoms with Crippen molar-refractivity contribution in [2.24, 2.45) is 5.73 Å². The van der Waals surface area contributed by atoms with Gasteiger partial charge in [-0.05, 0) is 34.5 Å². The first kappa shape index (κ1) is 12.8. The van der Waals surface area contributed by atoms with Gasteiger partial charge >= 0.3 is 0 Å². The molecule has 0 amide bonds. The molecule has 1 heterocycles. The molecule has 1 saturated heterocycles. The van der Waals surface area contributed by atoms with E-state index in [4.69, 9.17) is 5.73 Å². The van der Waals surface area contributed by atoms with Crippen LogP contribution in [0.2, 0.25) is 0 Å². The van der Waals surface area contributed by atoms with Crippen molar-refractivity contribution >= 4 is 39.1 Å². The van der Waals surface area contributed by atoms with Gasteiger partial charge in [-0.25, -0.2) is 0 Å². The summed E-state index contributed by atoms with van der Waals surface area (Å²) in [4.78, 5) is 0. The van der Waals surface area contributed by atoms with Crippen molar-refractivity contribution in [3.05, 3.63) is 46.4 Å². The van der Waals surface area contributed by atoms with Crippen LogP contribution in [0.5, 0.6) is 0 Å². The first-order valence-electron chi connectivity index (χ1n) is 5.37. The summed E-state index contributed by atoms with van der Waals surface area (Å²) in [6.45, 7) is 1.74. The van der Waals surface area contributed by atoms with Crippen LogP contribution in [-0.4, -0.2) is 13.1 Å². The standard InChI is InChI=1S/C13H13BrN2.ClH/c14-12-4-2-9-5-11(3-1-10(9)6-12)13(15)7-16-8-13;/h1-6,16H,7-8,15H2;1H. The second-order valence-corrected chi connectivity index (χ2v) is 5.38. The Morgan fingerprint density at radius 3 is 2.35 bits per heavy atom. The number of nitrogens with one attached hydrogen (secondary N) is 1. The van der Waals surface area contributed by atoms with Crippen LogP contribution in [0.3, 0.4) is 0 Å². The monoisotopic (exact) mass is 312 g/mol. The second kappa shape index (κ2) is 4.58. The lowest BCUT2D eigenvalue weighted by atomic mass is 9.84. The summed E-state index contributed by atoms with van der Waals surface area (Å²) in [7, 11) is 0. The summed E-state index contributed by atoms with van der Waals surface area (Å²) in [6.07, 6.45) is 0. The number of fused-ring (bicyclic) bond motifs is 1. The average molecular weight is 314 g/mol. The van der Waals surface area contributed by atoms with Gasteiger partial charge in [0.15, 0.2) is 0 Å². The molecule has 3 N–H and O–H groups in total. The lowest BCUT2D eigenvalue weighted by Crippen LogP contribution is -2.62. The van der Waals surface area contributed by atoms with Crippen molar-refractivity contribution < 1.29 is 0 Å². The fourth-order valence-corrected chi connectivity index (χ4v) is 2.50. The maximum Gasteiger partial charge on any atom is 0.0662 e. The Kier molecular flexibility index (Phi) is 3.46. The molecule has 0 aliphatic carbocycles. The van der Waals surface area contributed by atoms with Gasteiger partial charge in [0.05, 0.1) is 5.54 Å². The lowest BCUT2D eigenvalue weighted by molar-refractivity contribution is 0.287. The van der Waals surface area contributed by atoms with Crippen molar-refractivity contribution in [1.29, 1.82) is 0 Å². The van der Waals surface area contributed by atoms with Crippen LogP contribution < -0.4 is 11.1 Å². The predicted octanol–water partition coefficient (Wildman–Crippen LogP) is 2.78. The predicted molar refractivity (Wildman–Crippen MR) is 77.6 cm³/mol. The molecular formula is C13H14BrClN2. The van der Waals surface area contributed by atoms with E-state index in [9.17, 15) is 0 Å². The molecule has 0 bridgehead atoms. The van der Waals surface area contributed by atoms with E-state index in [1.54, 1.807) is 0 Å². The van der Waals surface area contributed by atoms with E-state index in [-0.39, 0.29) is 17.9 Å². The number of halogens is 2. The Morgan fingerprint density at radius 2 is 1.71 bits per heavy atom. The van der Waals surface area contributed by atoms with Crippen molar-refractivity contribution in [2.45, 2.75) is 5.54 Å². The molecule has 1 aliphatic heterocycles. The summed E-state index contributed by atoms with van der Waals surface area (Å²) in [6, 6.07) is 12.8. The normalized spacial score (nSPS) is 17.3. The summed E-state index contributed by atoms with van der Waals surface area (Å²) >= 11 is 3.48. The fraction of sp³-hybridized carbons (Fsp3) is 0.231. The molecule has 1 fully saturated rings. The minimum Gasteiger partial charge on any atom is -0.319 e. The third kappa shape index (κ3) is 2.20. The Morgan fingerprint density at radius 1 is 1.06 bits per heavy atom. The third-order valence-corrected chi connectivity index (χ3v) is 3.75. The molecule has 4 heteroatoms. The molecule has 3 rings (SSSR count). The highest BCUT2D eigenvalue weighted by Gasteiger charge is 2.34. The van der Waals surface area contributed by atoms with Gasteiger partial charge in [0.1, 0.15) is 0 Å². The van der Waals surface area contributed by atoms with Gasteiger partial charge in [-0.3, -0.25) is 0 Å². The molecule has 1 aliphatic rings. The van der Waals surface area contributed by atoms with Gasteiger partial charge in [0.25, 0.3) is 0 Å². The Labute approximate surface area is 115 Å². The highest BCUT2D eigenvalue weighted by Crippen LogP contribution is 2.27. The third-order valence-electron chi connectivity index (χ3n) is 3.26. The molecule has 0 saturated carbocycles. The van der Waals surface area contributed by atoms with E-state index in [2.05, 4.69) is 57.6 Å². The zero-order chi connectivity index (χ0) is 11.2. The van der Waals surface area contributed by atoms with Gasteiger partial charge in [0.2, 0.25) is 0 Å². The topological polar surface area (TPSA) is 38.0 Å². The first-order valence-corrected chi connectivity index (χ1v) is 6.16. The van der Waals surface area contributed by atoms with Crippen LogP contribution in [0.4, 0.5) is 0 Å². The molecule has 0 radical (unpaired) electrons. The summed E-state index contributed by atoms with van der Waals surface area (Å²) < 4.78 is 1.11. The van der Waals surface area contributed by atoms with Gasteiger partial charge in [-0.1, -0.05) is 34.1 Å². The fourth-order valence-electron chi connectivity index (χ4n) is 2.12. The lowest BCUT2D eigenvalue weighted by Gasteiger charge is -2.39. The molecular weight excluding hydrogens is 300 g/mol. The van der Waals surface area contributed by atoms with Gasteiger partial charge in [0, 0.05) is 17.6 Å². The van der Waals surface area contributed by atoms with Crippen molar-refractivity contribution in [3.63, 3.8) is 0 Å². The number of hydrogen-bond donors (Lipinski definition) is 2. The van der Waals surface area contributed by atoms with Crippen LogP contribution >= 0.6 is 28.3 Å². The largest absolute Gasteiger partial charge is 0.319 e. The number of benzene rings is 2. The maximum absolute atomic E-state index is 6.27. The van der Waals surface area contributed by atoms with Gasteiger partial charge in [-0.15, -0.1) is 12.4 Å². The molecule has 0 spiro atoms. The smallest absolute Gasteiger partial charge is 0.0662 e. The van der Waals surface area contributed by atoms with E-state index in [1.165, 1.54) is 16.3 Å². The van der Waals surface area contributed by atoms with Gasteiger partial charge < -0.3 is 11.1 Å². The van der Waals surface area contributed by atoms with Crippen LogP contribution in [-0.2, 0) is 5.54 Å². The molecule has 2 nitrogen and oxygen atoms in total. The van der Waals surface area contributed by atoms with Crippen molar-refractivity contribution in [1.82, 2.24) is 5.32 Å². The Balaban J connectivity index is 0.00000108. The van der Waals surface area contributed by atoms with Crippen LogP contribution in [0, 0.1) is 0 Å². The molecule has 2 aromatic rings. The minimum absolute atomic E-state index is 0. The van der Waals surface area contributed by atoms with Crippen LogP contribution in [0.25, 0.3) is 10.8 Å². The Bertz CT molecular complexity index is 552. The number of nitrogens with two attached hydrogens (primary N) is 1. The quantitative estimate of drug-likeness (QED) is 0.849. The minimum atomic E-state index is -0.165. The Hall–Kier alpha value is -0.610.